The number of ether oxygens (including phenoxy) is 1. The van der Waals surface area contributed by atoms with Gasteiger partial charge in [-0.2, -0.15) is 0 Å². The number of carbonyl (C=O) groups excluding carboxylic acids is 1. The average Bonchev–Trinajstić information content (AvgIpc) is 3.12. The van der Waals surface area contributed by atoms with Crippen LogP contribution in [0.25, 0.3) is 11.1 Å². The summed E-state index contributed by atoms with van der Waals surface area (Å²) < 4.78 is 6.09. The number of carbonyl (C=O) groups is 1. The fraction of sp³-hybridized carbons (Fsp3) is 0.160. The maximum Gasteiger partial charge on any atom is 0.407 e. The third-order valence-corrected chi connectivity index (χ3v) is 5.74. The number of nitro groups is 1. The Morgan fingerprint density at radius 3 is 2.38 bits per heavy atom. The van der Waals surface area contributed by atoms with Crippen LogP contribution >= 0.6 is 15.9 Å². The molecule has 3 aromatic rings. The number of amides is 1. The molecule has 0 spiro atoms. The Kier molecular flexibility index (Phi) is 6.52. The molecule has 1 amide bonds. The lowest BCUT2D eigenvalue weighted by molar-refractivity contribution is -0.385. The summed E-state index contributed by atoms with van der Waals surface area (Å²) in [5.74, 6) is 5.65. The topological polar surface area (TPSA) is 81.5 Å². The van der Waals surface area contributed by atoms with Gasteiger partial charge in [-0.25, -0.2) is 4.79 Å². The lowest BCUT2D eigenvalue weighted by Gasteiger charge is -2.14. The molecule has 32 heavy (non-hydrogen) atoms. The average molecular weight is 491 g/mol. The Morgan fingerprint density at radius 1 is 1.06 bits per heavy atom. The lowest BCUT2D eigenvalue weighted by atomic mass is 9.98. The molecule has 4 rings (SSSR count). The molecule has 0 atom stereocenters. The number of nitrogens with zero attached hydrogens (tertiary/aromatic N) is 1. The van der Waals surface area contributed by atoms with Crippen molar-refractivity contribution in [1.82, 2.24) is 5.32 Å². The van der Waals surface area contributed by atoms with Gasteiger partial charge in [0.1, 0.15) is 12.2 Å². The number of nitrogens with one attached hydrogen (secondary N) is 1. The molecule has 1 N–H and O–H groups in total. The van der Waals surface area contributed by atoms with E-state index in [4.69, 9.17) is 4.74 Å². The minimum absolute atomic E-state index is 0.00546. The summed E-state index contributed by atoms with van der Waals surface area (Å²) in [6.07, 6.45) is -0.166. The van der Waals surface area contributed by atoms with Gasteiger partial charge in [0, 0.05) is 29.4 Å². The number of hydrogen-bond donors (Lipinski definition) is 1. The van der Waals surface area contributed by atoms with Crippen LogP contribution in [0, 0.1) is 22.0 Å². The van der Waals surface area contributed by atoms with Gasteiger partial charge in [-0.3, -0.25) is 10.1 Å². The first-order valence-corrected chi connectivity index (χ1v) is 10.9. The maximum absolute atomic E-state index is 12.2. The highest BCUT2D eigenvalue weighted by molar-refractivity contribution is 9.10. The Morgan fingerprint density at radius 2 is 1.72 bits per heavy atom. The normalized spacial score (nSPS) is 11.7. The largest absolute Gasteiger partial charge is 0.449 e. The molecule has 3 aromatic carbocycles. The molecule has 1 aliphatic carbocycles. The second-order valence-electron chi connectivity index (χ2n) is 7.22. The van der Waals surface area contributed by atoms with E-state index in [1.54, 1.807) is 12.1 Å². The van der Waals surface area contributed by atoms with E-state index >= 15 is 0 Å². The van der Waals surface area contributed by atoms with Crippen LogP contribution in [0.15, 0.2) is 71.2 Å². The van der Waals surface area contributed by atoms with Crippen LogP contribution in [0.5, 0.6) is 0 Å². The lowest BCUT2D eigenvalue weighted by Crippen LogP contribution is -2.26. The van der Waals surface area contributed by atoms with Crippen LogP contribution in [0.2, 0.25) is 0 Å². The van der Waals surface area contributed by atoms with Gasteiger partial charge in [0.2, 0.25) is 0 Å². The molecule has 0 saturated carbocycles. The van der Waals surface area contributed by atoms with E-state index in [1.165, 1.54) is 17.2 Å². The molecule has 0 heterocycles. The van der Waals surface area contributed by atoms with Gasteiger partial charge in [-0.1, -0.05) is 76.3 Å². The van der Waals surface area contributed by atoms with E-state index < -0.39 is 11.0 Å². The van der Waals surface area contributed by atoms with Crippen molar-refractivity contribution in [2.45, 2.75) is 12.3 Å². The van der Waals surface area contributed by atoms with Crippen molar-refractivity contribution in [3.05, 3.63) is 98.0 Å². The molecule has 160 valence electrons. The van der Waals surface area contributed by atoms with Crippen LogP contribution in [0.4, 0.5) is 10.5 Å². The van der Waals surface area contributed by atoms with Crippen molar-refractivity contribution < 1.29 is 14.5 Å². The molecular weight excluding hydrogens is 472 g/mol. The monoisotopic (exact) mass is 490 g/mol. The highest BCUT2D eigenvalue weighted by atomic mass is 79.9. The minimum atomic E-state index is -0.511. The van der Waals surface area contributed by atoms with Crippen LogP contribution in [-0.4, -0.2) is 24.2 Å². The number of fused-ring (bicyclic) bond motifs is 3. The molecule has 0 unspecified atom stereocenters. The second-order valence-corrected chi connectivity index (χ2v) is 8.14. The summed E-state index contributed by atoms with van der Waals surface area (Å²) in [4.78, 5) is 22.8. The third kappa shape index (κ3) is 4.66. The predicted molar refractivity (Wildman–Crippen MR) is 125 cm³/mol. The highest BCUT2D eigenvalue weighted by Crippen LogP contribution is 2.44. The van der Waals surface area contributed by atoms with Gasteiger partial charge >= 0.3 is 6.09 Å². The number of alkyl carbamates (subject to hydrolysis) is 1. The molecule has 0 fully saturated rings. The van der Waals surface area contributed by atoms with Crippen molar-refractivity contribution in [3.8, 4) is 23.0 Å². The SMILES string of the molecule is O=C(NCCC#Cc1ccc(Br)cc1[N+](=O)[O-])OCC1c2ccccc2-c2ccccc21. The van der Waals surface area contributed by atoms with E-state index in [0.717, 1.165) is 11.1 Å². The van der Waals surface area contributed by atoms with Crippen LogP contribution < -0.4 is 5.32 Å². The quantitative estimate of drug-likeness (QED) is 0.217. The summed E-state index contributed by atoms with van der Waals surface area (Å²) >= 11 is 3.22. The summed E-state index contributed by atoms with van der Waals surface area (Å²) in [5, 5.41) is 13.8. The molecule has 6 nitrogen and oxygen atoms in total. The first-order valence-electron chi connectivity index (χ1n) is 10.1. The van der Waals surface area contributed by atoms with Crippen molar-refractivity contribution in [2.24, 2.45) is 0 Å². The molecule has 0 radical (unpaired) electrons. The zero-order chi connectivity index (χ0) is 22.5. The summed E-state index contributed by atoms with van der Waals surface area (Å²) in [5.41, 5.74) is 4.94. The number of nitro benzene ring substituents is 1. The van der Waals surface area contributed by atoms with Gasteiger partial charge in [0.05, 0.1) is 4.92 Å². The smallest absolute Gasteiger partial charge is 0.407 e. The minimum Gasteiger partial charge on any atom is -0.449 e. The van der Waals surface area contributed by atoms with E-state index in [0.29, 0.717) is 16.5 Å². The molecule has 0 saturated heterocycles. The standard InChI is InChI=1S/C25H19BrN2O4/c26-18-13-12-17(24(15-18)28(30)31)7-5-6-14-27-25(29)32-16-23-21-10-3-1-8-19(21)20-9-2-4-11-22(20)23/h1-4,8-13,15,23H,6,14,16H2,(H,27,29). The van der Waals surface area contributed by atoms with Gasteiger partial charge in [0.15, 0.2) is 0 Å². The van der Waals surface area contributed by atoms with Crippen LogP contribution in [0.1, 0.15) is 29.0 Å². The zero-order valence-corrected chi connectivity index (χ0v) is 18.6. The van der Waals surface area contributed by atoms with Gasteiger partial charge < -0.3 is 10.1 Å². The van der Waals surface area contributed by atoms with E-state index in [-0.39, 0.29) is 24.8 Å². The summed E-state index contributed by atoms with van der Waals surface area (Å²) in [6.45, 7) is 0.532. The molecule has 0 bridgehead atoms. The zero-order valence-electron chi connectivity index (χ0n) is 17.0. The Labute approximate surface area is 193 Å². The molecule has 0 aromatic heterocycles. The van der Waals surface area contributed by atoms with Crippen molar-refractivity contribution in [1.29, 1.82) is 0 Å². The number of halogens is 1. The Balaban J connectivity index is 1.30. The summed E-state index contributed by atoms with van der Waals surface area (Å²) in [7, 11) is 0. The first-order chi connectivity index (χ1) is 15.5. The maximum atomic E-state index is 12.2. The number of rotatable bonds is 5. The Hall–Kier alpha value is -3.63. The van der Waals surface area contributed by atoms with Crippen molar-refractivity contribution >= 4 is 27.7 Å². The van der Waals surface area contributed by atoms with Crippen molar-refractivity contribution in [3.63, 3.8) is 0 Å². The molecule has 1 aliphatic rings. The number of benzene rings is 3. The summed E-state index contributed by atoms with van der Waals surface area (Å²) in [6, 6.07) is 21.0. The molecular formula is C25H19BrN2O4. The molecule has 0 aliphatic heterocycles. The van der Waals surface area contributed by atoms with E-state index in [9.17, 15) is 14.9 Å². The third-order valence-electron chi connectivity index (χ3n) is 5.24. The van der Waals surface area contributed by atoms with Crippen LogP contribution in [-0.2, 0) is 4.74 Å². The predicted octanol–water partition coefficient (Wildman–Crippen LogP) is 5.64. The number of hydrogen-bond acceptors (Lipinski definition) is 4. The van der Waals surface area contributed by atoms with Crippen molar-refractivity contribution in [2.75, 3.05) is 13.2 Å². The van der Waals surface area contributed by atoms with Gasteiger partial charge in [-0.15, -0.1) is 0 Å². The van der Waals surface area contributed by atoms with E-state index in [2.05, 4.69) is 57.4 Å². The second kappa shape index (κ2) is 9.67. The van der Waals surface area contributed by atoms with E-state index in [1.807, 2.05) is 24.3 Å². The fourth-order valence-electron chi connectivity index (χ4n) is 3.80. The molecule has 7 heteroatoms. The highest BCUT2D eigenvalue weighted by Gasteiger charge is 2.28. The fourth-order valence-corrected chi connectivity index (χ4v) is 4.14. The van der Waals surface area contributed by atoms with Gasteiger partial charge in [0.25, 0.3) is 5.69 Å². The van der Waals surface area contributed by atoms with Gasteiger partial charge in [-0.05, 0) is 34.4 Å². The first kappa shape index (κ1) is 21.6. The van der Waals surface area contributed by atoms with Crippen LogP contribution in [0.3, 0.4) is 0 Å². The Bertz CT molecular complexity index is 1200.